The summed E-state index contributed by atoms with van der Waals surface area (Å²) in [6.07, 6.45) is 13.1. The molecular weight excluding hydrogens is 486 g/mol. The van der Waals surface area contributed by atoms with Gasteiger partial charge in [0.2, 0.25) is 0 Å². The van der Waals surface area contributed by atoms with Gasteiger partial charge in [-0.05, 0) is 57.8 Å². The number of quaternary nitrogens is 2. The number of nitrogens with zero attached hydrogens (tertiary/aromatic N) is 2. The summed E-state index contributed by atoms with van der Waals surface area (Å²) in [4.78, 5) is 0. The fraction of sp³-hybridized carbons (Fsp3) is 1.00. The van der Waals surface area contributed by atoms with E-state index < -0.39 is 0 Å². The minimum atomic E-state index is 0. The zero-order valence-corrected chi connectivity index (χ0v) is 18.9. The molecular formula is C17H36I2N2. The van der Waals surface area contributed by atoms with Gasteiger partial charge in [0, 0.05) is 0 Å². The van der Waals surface area contributed by atoms with Crippen molar-refractivity contribution in [3.8, 4) is 0 Å². The van der Waals surface area contributed by atoms with Crippen molar-refractivity contribution in [1.29, 1.82) is 0 Å². The Hall–Kier alpha value is 1.38. The van der Waals surface area contributed by atoms with Crippen molar-refractivity contribution in [2.45, 2.75) is 69.9 Å². The highest BCUT2D eigenvalue weighted by Crippen LogP contribution is 2.29. The van der Waals surface area contributed by atoms with Crippen molar-refractivity contribution >= 4 is 0 Å². The maximum Gasteiger partial charge on any atom is 0.0886 e. The molecule has 2 atom stereocenters. The summed E-state index contributed by atoms with van der Waals surface area (Å²) in [6.45, 7) is 2.80. The van der Waals surface area contributed by atoms with Gasteiger partial charge in [0.05, 0.1) is 53.4 Å². The number of halogens is 2. The monoisotopic (exact) mass is 522 g/mol. The van der Waals surface area contributed by atoms with E-state index >= 15 is 0 Å². The second-order valence-corrected chi connectivity index (χ2v) is 8.23. The first-order valence-electron chi connectivity index (χ1n) is 8.57. The van der Waals surface area contributed by atoms with E-state index in [-0.39, 0.29) is 48.0 Å². The van der Waals surface area contributed by atoms with Crippen LogP contribution in [0.4, 0.5) is 0 Å². The van der Waals surface area contributed by atoms with Gasteiger partial charge in [-0.2, -0.15) is 0 Å². The molecule has 128 valence electrons. The topological polar surface area (TPSA) is 0 Å². The van der Waals surface area contributed by atoms with Crippen LogP contribution in [-0.2, 0) is 0 Å². The van der Waals surface area contributed by atoms with Crippen LogP contribution >= 0.6 is 0 Å². The predicted molar refractivity (Wildman–Crippen MR) is 83.1 cm³/mol. The summed E-state index contributed by atoms with van der Waals surface area (Å²) in [6, 6.07) is 1.88. The Morgan fingerprint density at radius 1 is 0.667 bits per heavy atom. The van der Waals surface area contributed by atoms with Gasteiger partial charge in [0.15, 0.2) is 0 Å². The van der Waals surface area contributed by atoms with E-state index in [0.29, 0.717) is 0 Å². The third-order valence-corrected chi connectivity index (χ3v) is 6.10. The fourth-order valence-electron chi connectivity index (χ4n) is 4.44. The molecule has 2 aliphatic rings. The van der Waals surface area contributed by atoms with E-state index in [9.17, 15) is 0 Å². The van der Waals surface area contributed by atoms with Gasteiger partial charge in [-0.1, -0.05) is 0 Å². The maximum absolute atomic E-state index is 2.45. The summed E-state index contributed by atoms with van der Waals surface area (Å²) in [7, 11) is 9.80. The van der Waals surface area contributed by atoms with Gasteiger partial charge in [0.25, 0.3) is 0 Å². The van der Waals surface area contributed by atoms with Gasteiger partial charge < -0.3 is 56.9 Å². The van der Waals surface area contributed by atoms with Crippen LogP contribution in [-0.4, -0.2) is 62.3 Å². The van der Waals surface area contributed by atoms with Crippen LogP contribution in [0.15, 0.2) is 0 Å². The minimum absolute atomic E-state index is 0. The van der Waals surface area contributed by atoms with E-state index in [1.807, 2.05) is 0 Å². The summed E-state index contributed by atoms with van der Waals surface area (Å²) >= 11 is 0. The number of hydrogen-bond acceptors (Lipinski definition) is 0. The molecule has 0 radical (unpaired) electrons. The standard InChI is InChI=1S/C17H36N2.2HI/c1-18(2)14-7-5-10-16(18)12-9-13-17-11-6-8-15-19(17,3)4;;/h16-17H,5-15H2,1-4H3;2*1H/q+2;;/p-2. The first-order chi connectivity index (χ1) is 8.92. The molecule has 2 heterocycles. The van der Waals surface area contributed by atoms with Crippen molar-refractivity contribution in [3.05, 3.63) is 0 Å². The Labute approximate surface area is 167 Å². The zero-order valence-electron chi connectivity index (χ0n) is 14.6. The summed E-state index contributed by atoms with van der Waals surface area (Å²) in [5.41, 5.74) is 0. The number of likely N-dealkylation sites (tertiary alicyclic amines) is 2. The molecule has 0 aromatic carbocycles. The largest absolute Gasteiger partial charge is 1.00 e. The Balaban J connectivity index is 0.00000200. The van der Waals surface area contributed by atoms with Crippen molar-refractivity contribution in [3.63, 3.8) is 0 Å². The van der Waals surface area contributed by atoms with Crippen LogP contribution in [0, 0.1) is 0 Å². The quantitative estimate of drug-likeness (QED) is 0.282. The molecule has 0 saturated carbocycles. The molecule has 0 aromatic rings. The van der Waals surface area contributed by atoms with Crippen LogP contribution < -0.4 is 48.0 Å². The average molecular weight is 522 g/mol. The molecule has 2 aliphatic heterocycles. The Morgan fingerprint density at radius 3 is 1.38 bits per heavy atom. The SMILES string of the molecule is C[N+]1(C)CCCCC1CCCC1CCCC[N+]1(C)C.[I-].[I-]. The van der Waals surface area contributed by atoms with Gasteiger partial charge >= 0.3 is 0 Å². The zero-order chi connectivity index (χ0) is 13.9. The van der Waals surface area contributed by atoms with E-state index in [1.54, 1.807) is 0 Å². The van der Waals surface area contributed by atoms with Crippen molar-refractivity contribution in [1.82, 2.24) is 0 Å². The summed E-state index contributed by atoms with van der Waals surface area (Å²) in [5, 5.41) is 0. The fourth-order valence-corrected chi connectivity index (χ4v) is 4.44. The molecule has 0 spiro atoms. The molecule has 4 heteroatoms. The maximum atomic E-state index is 2.45. The van der Waals surface area contributed by atoms with Crippen LogP contribution in [0.1, 0.15) is 57.8 Å². The Morgan fingerprint density at radius 2 is 1.05 bits per heavy atom. The highest BCUT2D eigenvalue weighted by atomic mass is 127. The lowest BCUT2D eigenvalue weighted by Crippen LogP contribution is -3.00. The van der Waals surface area contributed by atoms with Crippen molar-refractivity contribution in [2.75, 3.05) is 41.3 Å². The van der Waals surface area contributed by atoms with Crippen LogP contribution in [0.2, 0.25) is 0 Å². The molecule has 0 N–H and O–H groups in total. The molecule has 0 aromatic heterocycles. The highest BCUT2D eigenvalue weighted by molar-refractivity contribution is 4.69. The number of hydrogen-bond donors (Lipinski definition) is 0. The number of piperidine rings is 2. The lowest BCUT2D eigenvalue weighted by Gasteiger charge is -2.43. The average Bonchev–Trinajstić information content (AvgIpc) is 2.33. The van der Waals surface area contributed by atoms with Crippen LogP contribution in [0.25, 0.3) is 0 Å². The molecule has 2 saturated heterocycles. The molecule has 21 heavy (non-hydrogen) atoms. The van der Waals surface area contributed by atoms with Crippen molar-refractivity contribution < 1.29 is 56.9 Å². The molecule has 2 fully saturated rings. The van der Waals surface area contributed by atoms with Crippen molar-refractivity contribution in [2.24, 2.45) is 0 Å². The smallest absolute Gasteiger partial charge is 0.0886 e. The van der Waals surface area contributed by atoms with E-state index in [2.05, 4.69) is 28.2 Å². The molecule has 2 rings (SSSR count). The van der Waals surface area contributed by atoms with E-state index in [0.717, 1.165) is 12.1 Å². The van der Waals surface area contributed by atoms with Crippen LogP contribution in [0.3, 0.4) is 0 Å². The molecule has 2 unspecified atom stereocenters. The highest BCUT2D eigenvalue weighted by Gasteiger charge is 2.33. The third kappa shape index (κ3) is 6.42. The third-order valence-electron chi connectivity index (χ3n) is 6.10. The van der Waals surface area contributed by atoms with E-state index in [4.69, 9.17) is 0 Å². The lowest BCUT2D eigenvalue weighted by atomic mass is 9.91. The first kappa shape index (κ1) is 22.4. The molecule has 0 amide bonds. The lowest BCUT2D eigenvalue weighted by molar-refractivity contribution is -0.922. The second-order valence-electron chi connectivity index (χ2n) is 8.23. The normalized spacial score (nSPS) is 30.9. The summed E-state index contributed by atoms with van der Waals surface area (Å²) in [5.74, 6) is 0. The Bertz CT molecular complexity index is 265. The van der Waals surface area contributed by atoms with Gasteiger partial charge in [-0.15, -0.1) is 0 Å². The molecule has 2 nitrogen and oxygen atoms in total. The summed E-state index contributed by atoms with van der Waals surface area (Å²) < 4.78 is 2.56. The van der Waals surface area contributed by atoms with Gasteiger partial charge in [0.1, 0.15) is 0 Å². The van der Waals surface area contributed by atoms with Gasteiger partial charge in [-0.25, -0.2) is 0 Å². The first-order valence-corrected chi connectivity index (χ1v) is 8.57. The predicted octanol–water partition coefficient (Wildman–Crippen LogP) is -2.58. The van der Waals surface area contributed by atoms with Gasteiger partial charge in [-0.3, -0.25) is 0 Å². The second kappa shape index (κ2) is 9.62. The Kier molecular flexibility index (Phi) is 10.3. The molecule has 0 bridgehead atoms. The van der Waals surface area contributed by atoms with Crippen LogP contribution in [0.5, 0.6) is 0 Å². The minimum Gasteiger partial charge on any atom is -1.00 e. The number of rotatable bonds is 4. The molecule has 0 aliphatic carbocycles. The van der Waals surface area contributed by atoms with E-state index in [1.165, 1.54) is 79.8 Å².